The number of imidazole rings is 2. The number of aromatic nitrogens is 9. The molecule has 17 nitrogen and oxygen atoms in total. The molecule has 6 rings (SSSR count). The zero-order chi connectivity index (χ0) is 29.1. The van der Waals surface area contributed by atoms with Crippen molar-refractivity contribution in [2.75, 3.05) is 30.7 Å². The van der Waals surface area contributed by atoms with E-state index in [9.17, 15) is 14.8 Å². The van der Waals surface area contributed by atoms with Crippen LogP contribution < -0.4 is 16.4 Å². The third-order valence-electron chi connectivity index (χ3n) is 6.58. The van der Waals surface area contributed by atoms with Gasteiger partial charge < -0.3 is 45.2 Å². The number of fused-ring (bicyclic) bond motifs is 2. The number of nitrogens with one attached hydrogen (secondary N) is 3. The molecule has 0 spiro atoms. The first-order valence-electron chi connectivity index (χ1n) is 12.9. The van der Waals surface area contributed by atoms with Crippen LogP contribution in [0.1, 0.15) is 18.2 Å². The van der Waals surface area contributed by atoms with Crippen LogP contribution in [0.15, 0.2) is 50.0 Å². The van der Waals surface area contributed by atoms with Crippen molar-refractivity contribution in [1.82, 2.24) is 49.1 Å². The molecule has 0 bridgehead atoms. The van der Waals surface area contributed by atoms with Crippen molar-refractivity contribution in [1.29, 1.82) is 0 Å². The topological polar surface area (TPSA) is 229 Å². The molecule has 5 aromatic rings. The maximum absolute atomic E-state index is 12.5. The zero-order valence-electron chi connectivity index (χ0n) is 22.0. The van der Waals surface area contributed by atoms with Crippen LogP contribution in [0.4, 0.5) is 11.6 Å². The Morgan fingerprint density at radius 3 is 3.00 bits per heavy atom. The highest BCUT2D eigenvalue weighted by Crippen LogP contribution is 2.38. The molecule has 1 aliphatic heterocycles. The molecule has 1 saturated heterocycles. The molecule has 4 atom stereocenters. The summed E-state index contributed by atoms with van der Waals surface area (Å²) in [7, 11) is -1.95. The number of aliphatic hydroxyl groups excluding tert-OH is 1. The number of amides is 1. The Morgan fingerprint density at radius 1 is 1.26 bits per heavy atom. The monoisotopic (exact) mass is 594 g/mol. The van der Waals surface area contributed by atoms with Gasteiger partial charge >= 0.3 is 0 Å². The normalized spacial score (nSPS) is 19.6. The average Bonchev–Trinajstić information content (AvgIpc) is 3.80. The second-order valence-corrected chi connectivity index (χ2v) is 10.5. The lowest BCUT2D eigenvalue weighted by atomic mass is 10.2. The van der Waals surface area contributed by atoms with Gasteiger partial charge in [0.2, 0.25) is 5.91 Å². The molecule has 1 amide bonds. The summed E-state index contributed by atoms with van der Waals surface area (Å²) in [5.74, 6) is 0.516. The number of anilines is 2. The molecule has 0 aliphatic carbocycles. The predicted molar refractivity (Wildman–Crippen MR) is 151 cm³/mol. The Labute approximate surface area is 238 Å². The van der Waals surface area contributed by atoms with E-state index in [2.05, 4.69) is 45.5 Å². The zero-order valence-corrected chi connectivity index (χ0v) is 22.9. The summed E-state index contributed by atoms with van der Waals surface area (Å²) in [6, 6.07) is 0. The summed E-state index contributed by atoms with van der Waals surface area (Å²) < 4.78 is 14.8. The summed E-state index contributed by atoms with van der Waals surface area (Å²) >= 11 is 0. The largest absolute Gasteiger partial charge is 0.390 e. The molecule has 0 aromatic carbocycles. The first kappa shape index (κ1) is 27.6. The van der Waals surface area contributed by atoms with E-state index in [-0.39, 0.29) is 24.8 Å². The number of ether oxygens (including phenoxy) is 1. The van der Waals surface area contributed by atoms with Crippen molar-refractivity contribution in [2.45, 2.75) is 24.9 Å². The van der Waals surface area contributed by atoms with Gasteiger partial charge in [-0.15, -0.1) is 0 Å². The van der Waals surface area contributed by atoms with Crippen LogP contribution in [0.25, 0.3) is 28.3 Å². The summed E-state index contributed by atoms with van der Waals surface area (Å²) in [4.78, 5) is 50.4. The molecule has 218 valence electrons. The maximum atomic E-state index is 12.5. The Balaban J connectivity index is 1.09. The Kier molecular flexibility index (Phi) is 7.98. The lowest BCUT2D eigenvalue weighted by molar-refractivity contribution is -0.116. The van der Waals surface area contributed by atoms with Gasteiger partial charge in [0, 0.05) is 49.7 Å². The molecule has 1 aliphatic rings. The number of nitrogens with two attached hydrogens (primary N) is 1. The summed E-state index contributed by atoms with van der Waals surface area (Å²) in [6.45, 7) is 0.738. The molecule has 42 heavy (non-hydrogen) atoms. The van der Waals surface area contributed by atoms with E-state index in [4.69, 9.17) is 15.0 Å². The number of aromatic amines is 1. The number of carbonyl (C=O) groups excluding carboxylic acids is 1. The van der Waals surface area contributed by atoms with Gasteiger partial charge in [0.1, 0.15) is 48.3 Å². The van der Waals surface area contributed by atoms with E-state index in [0.29, 0.717) is 46.7 Å². The fourth-order valence-corrected chi connectivity index (χ4v) is 5.30. The fourth-order valence-electron chi connectivity index (χ4n) is 4.57. The highest BCUT2D eigenvalue weighted by Gasteiger charge is 2.37. The van der Waals surface area contributed by atoms with Gasteiger partial charge in [-0.05, 0) is 6.08 Å². The molecule has 6 heterocycles. The van der Waals surface area contributed by atoms with Crippen molar-refractivity contribution in [3.8, 4) is 0 Å². The van der Waals surface area contributed by atoms with Crippen LogP contribution in [0.2, 0.25) is 0 Å². The van der Waals surface area contributed by atoms with E-state index in [1.165, 1.54) is 41.9 Å². The number of H-pyrrole nitrogens is 1. The van der Waals surface area contributed by atoms with Gasteiger partial charge in [0.25, 0.3) is 8.53 Å². The molecule has 1 fully saturated rings. The van der Waals surface area contributed by atoms with Crippen LogP contribution in [0.5, 0.6) is 0 Å². The molecule has 18 heteroatoms. The Morgan fingerprint density at radius 2 is 2.14 bits per heavy atom. The Bertz CT molecular complexity index is 1710. The number of hydrogen-bond donors (Lipinski definition) is 6. The minimum absolute atomic E-state index is 0.0276. The van der Waals surface area contributed by atoms with Gasteiger partial charge in [-0.25, -0.2) is 29.9 Å². The fraction of sp³-hybridized carbons (Fsp3) is 0.292. The van der Waals surface area contributed by atoms with Crippen molar-refractivity contribution >= 4 is 54.3 Å². The second kappa shape index (κ2) is 12.1. The standard InChI is InChI=1S/C24H27N12O5P/c25-21-19-14(1-2-17(38)27-3-4-28-22-20-23(31-10-29-20)33-12-32-22)8-36(24(19)34-11-30-21)18-7-15(37)16(41-18)9-40-42(39)35-6-5-26-13-35/h1-2,5-6,8,10-13,15-16,18,37,39H,3-4,7,9H2,(H,27,38)(H2,25,30,34)(H2,28,29,31,32,33)/b2-1+/t15-,16?,18?,42?/m1/s1. The van der Waals surface area contributed by atoms with Crippen molar-refractivity contribution < 1.29 is 24.1 Å². The molecule has 5 aromatic heterocycles. The minimum atomic E-state index is -1.95. The quantitative estimate of drug-likeness (QED) is 0.0698. The van der Waals surface area contributed by atoms with Gasteiger partial charge in [-0.2, -0.15) is 0 Å². The van der Waals surface area contributed by atoms with Crippen LogP contribution >= 0.6 is 8.53 Å². The number of hydrogen-bond acceptors (Lipinski definition) is 13. The minimum Gasteiger partial charge on any atom is -0.390 e. The van der Waals surface area contributed by atoms with E-state index < -0.39 is 27.0 Å². The maximum Gasteiger partial charge on any atom is 0.292 e. The van der Waals surface area contributed by atoms with Crippen molar-refractivity contribution in [3.05, 3.63) is 55.5 Å². The summed E-state index contributed by atoms with van der Waals surface area (Å²) in [6.07, 6.45) is 11.8. The van der Waals surface area contributed by atoms with E-state index in [1.54, 1.807) is 23.0 Å². The smallest absolute Gasteiger partial charge is 0.292 e. The van der Waals surface area contributed by atoms with Gasteiger partial charge in [0.05, 0.1) is 24.4 Å². The van der Waals surface area contributed by atoms with Gasteiger partial charge in [-0.1, -0.05) is 0 Å². The highest BCUT2D eigenvalue weighted by molar-refractivity contribution is 7.44. The molecule has 7 N–H and O–H groups in total. The third kappa shape index (κ3) is 5.77. The number of carbonyl (C=O) groups is 1. The molecular weight excluding hydrogens is 567 g/mol. The molecule has 3 unspecified atom stereocenters. The number of rotatable bonds is 11. The predicted octanol–water partition coefficient (Wildman–Crippen LogP) is 0.550. The molecule has 0 radical (unpaired) electrons. The first-order valence-corrected chi connectivity index (χ1v) is 14.0. The van der Waals surface area contributed by atoms with Crippen molar-refractivity contribution in [2.24, 2.45) is 0 Å². The second-order valence-electron chi connectivity index (χ2n) is 9.25. The number of nitrogens with zero attached hydrogens (tertiary/aromatic N) is 8. The lowest BCUT2D eigenvalue weighted by Gasteiger charge is -2.18. The van der Waals surface area contributed by atoms with E-state index in [1.807, 2.05) is 0 Å². The van der Waals surface area contributed by atoms with Crippen LogP contribution in [-0.2, 0) is 14.1 Å². The average molecular weight is 595 g/mol. The number of aliphatic hydroxyl groups is 1. The van der Waals surface area contributed by atoms with Crippen LogP contribution in [0.3, 0.4) is 0 Å². The molecular formula is C24H27N12O5P. The Hall–Kier alpha value is -4.54. The summed E-state index contributed by atoms with van der Waals surface area (Å²) in [5, 5.41) is 17.1. The van der Waals surface area contributed by atoms with Crippen molar-refractivity contribution in [3.63, 3.8) is 0 Å². The van der Waals surface area contributed by atoms with Crippen LogP contribution in [0, 0.1) is 0 Å². The highest BCUT2D eigenvalue weighted by atomic mass is 31.2. The number of nitrogen functional groups attached to an aromatic ring is 1. The third-order valence-corrected chi connectivity index (χ3v) is 7.59. The summed E-state index contributed by atoms with van der Waals surface area (Å²) in [5.41, 5.74) is 8.51. The first-order chi connectivity index (χ1) is 20.5. The van der Waals surface area contributed by atoms with Crippen LogP contribution in [-0.4, -0.2) is 91.6 Å². The van der Waals surface area contributed by atoms with E-state index in [0.717, 1.165) is 0 Å². The van der Waals surface area contributed by atoms with E-state index >= 15 is 0 Å². The van der Waals surface area contributed by atoms with Gasteiger partial charge in [-0.3, -0.25) is 9.13 Å². The van der Waals surface area contributed by atoms with Gasteiger partial charge in [0.15, 0.2) is 11.5 Å². The molecule has 0 saturated carbocycles. The lowest BCUT2D eigenvalue weighted by Crippen LogP contribution is -2.27. The SMILES string of the molecule is Nc1ncnc2c1c(/C=C/C(=O)NCCNc1ncnc3nc[nH]c13)cn2C1C[C@@H](O)C(COP(O)n2ccnc2)O1.